The van der Waals surface area contributed by atoms with Crippen molar-refractivity contribution in [3.05, 3.63) is 0 Å². The average Bonchev–Trinajstić information content (AvgIpc) is 2.33. The summed E-state index contributed by atoms with van der Waals surface area (Å²) in [5.74, 6) is -0.735. The zero-order valence-electron chi connectivity index (χ0n) is 11.8. The Morgan fingerprint density at radius 2 is 1.89 bits per heavy atom. The van der Waals surface area contributed by atoms with E-state index in [9.17, 15) is 14.7 Å². The van der Waals surface area contributed by atoms with Crippen molar-refractivity contribution in [2.24, 2.45) is 5.92 Å². The second-order valence-corrected chi connectivity index (χ2v) is 4.68. The Labute approximate surface area is 109 Å². The molecule has 1 N–H and O–H groups in total. The number of rotatable bonds is 8. The number of unbranched alkanes of at least 4 members (excludes halogenated alkanes) is 1. The van der Waals surface area contributed by atoms with Crippen molar-refractivity contribution < 1.29 is 19.4 Å². The van der Waals surface area contributed by atoms with E-state index in [4.69, 9.17) is 0 Å². The van der Waals surface area contributed by atoms with Crippen molar-refractivity contribution in [1.82, 2.24) is 4.90 Å². The van der Waals surface area contributed by atoms with Gasteiger partial charge in [0.2, 0.25) is 5.91 Å². The second kappa shape index (κ2) is 8.91. The lowest BCUT2D eigenvalue weighted by Gasteiger charge is -2.26. The van der Waals surface area contributed by atoms with Crippen molar-refractivity contribution in [1.29, 1.82) is 0 Å². The Morgan fingerprint density at radius 1 is 1.28 bits per heavy atom. The summed E-state index contributed by atoms with van der Waals surface area (Å²) in [6.45, 7) is 5.91. The Balaban J connectivity index is 4.47. The van der Waals surface area contributed by atoms with Gasteiger partial charge in [0, 0.05) is 19.5 Å². The van der Waals surface area contributed by atoms with Gasteiger partial charge in [-0.15, -0.1) is 0 Å². The van der Waals surface area contributed by atoms with Crippen LogP contribution in [0.2, 0.25) is 0 Å². The van der Waals surface area contributed by atoms with Gasteiger partial charge in [0.1, 0.15) is 0 Å². The summed E-state index contributed by atoms with van der Waals surface area (Å²) in [5.41, 5.74) is 0. The van der Waals surface area contributed by atoms with Gasteiger partial charge in [0.25, 0.3) is 0 Å². The lowest BCUT2D eigenvalue weighted by atomic mass is 10.1. The minimum Gasteiger partial charge on any atom is -0.469 e. The van der Waals surface area contributed by atoms with Gasteiger partial charge in [-0.2, -0.15) is 0 Å². The number of hydrogen-bond donors (Lipinski definition) is 1. The van der Waals surface area contributed by atoms with Gasteiger partial charge in [-0.25, -0.2) is 0 Å². The Bertz CT molecular complexity index is 266. The number of nitrogens with zero attached hydrogens (tertiary/aromatic N) is 1. The molecule has 0 bridgehead atoms. The van der Waals surface area contributed by atoms with Crippen molar-refractivity contribution in [2.45, 2.75) is 46.1 Å². The van der Waals surface area contributed by atoms with Gasteiger partial charge in [0.05, 0.1) is 19.1 Å². The average molecular weight is 259 g/mol. The van der Waals surface area contributed by atoms with Crippen molar-refractivity contribution in [3.63, 3.8) is 0 Å². The molecule has 0 rings (SSSR count). The van der Waals surface area contributed by atoms with Gasteiger partial charge < -0.3 is 14.7 Å². The van der Waals surface area contributed by atoms with Crippen LogP contribution in [0.15, 0.2) is 0 Å². The lowest BCUT2D eigenvalue weighted by Crippen LogP contribution is -2.41. The maximum atomic E-state index is 11.9. The fraction of sp³-hybridized carbons (Fsp3) is 0.846. The molecule has 0 aromatic rings. The molecule has 0 heterocycles. The summed E-state index contributed by atoms with van der Waals surface area (Å²) in [6.07, 6.45) is 1.63. The smallest absolute Gasteiger partial charge is 0.310 e. The summed E-state index contributed by atoms with van der Waals surface area (Å²) < 4.78 is 4.64. The molecule has 0 aliphatic heterocycles. The number of carbonyl (C=O) groups is 2. The molecule has 5 heteroatoms. The SMILES string of the molecule is CCCCC(=O)N(CC(C)O)CC(C)C(=O)OC. The number of carbonyl (C=O) groups excluding carboxylic acids is 2. The van der Waals surface area contributed by atoms with Crippen LogP contribution in [-0.4, -0.2) is 48.2 Å². The van der Waals surface area contributed by atoms with Gasteiger partial charge in [0.15, 0.2) is 0 Å². The highest BCUT2D eigenvalue weighted by Gasteiger charge is 2.22. The van der Waals surface area contributed by atoms with E-state index in [0.717, 1.165) is 12.8 Å². The number of hydrogen-bond acceptors (Lipinski definition) is 4. The Kier molecular flexibility index (Phi) is 8.37. The van der Waals surface area contributed by atoms with Crippen LogP contribution in [0, 0.1) is 5.92 Å². The molecular weight excluding hydrogens is 234 g/mol. The molecule has 0 radical (unpaired) electrons. The third kappa shape index (κ3) is 6.59. The lowest BCUT2D eigenvalue weighted by molar-refractivity contribution is -0.146. The van der Waals surface area contributed by atoms with E-state index in [1.165, 1.54) is 7.11 Å². The summed E-state index contributed by atoms with van der Waals surface area (Å²) in [5, 5.41) is 9.40. The molecule has 0 aliphatic rings. The molecule has 106 valence electrons. The van der Waals surface area contributed by atoms with E-state index < -0.39 is 6.10 Å². The predicted molar refractivity (Wildman–Crippen MR) is 69.0 cm³/mol. The highest BCUT2D eigenvalue weighted by Crippen LogP contribution is 2.07. The summed E-state index contributed by atoms with van der Waals surface area (Å²) >= 11 is 0. The molecule has 0 spiro atoms. The van der Waals surface area contributed by atoms with Crippen LogP contribution < -0.4 is 0 Å². The standard InChI is InChI=1S/C13H25NO4/c1-5-6-7-12(16)14(9-11(3)15)8-10(2)13(17)18-4/h10-11,15H,5-9H2,1-4H3. The minimum absolute atomic E-state index is 0.0199. The van der Waals surface area contributed by atoms with Crippen LogP contribution in [0.4, 0.5) is 0 Å². The van der Waals surface area contributed by atoms with E-state index in [1.54, 1.807) is 18.7 Å². The Hall–Kier alpha value is -1.10. The summed E-state index contributed by atoms with van der Waals surface area (Å²) in [7, 11) is 1.33. The second-order valence-electron chi connectivity index (χ2n) is 4.68. The molecule has 0 aromatic heterocycles. The first kappa shape index (κ1) is 16.9. The van der Waals surface area contributed by atoms with E-state index >= 15 is 0 Å². The van der Waals surface area contributed by atoms with Crippen LogP contribution >= 0.6 is 0 Å². The molecule has 2 atom stereocenters. The highest BCUT2D eigenvalue weighted by molar-refractivity contribution is 5.78. The van der Waals surface area contributed by atoms with Gasteiger partial charge in [-0.1, -0.05) is 20.3 Å². The topological polar surface area (TPSA) is 66.8 Å². The molecule has 18 heavy (non-hydrogen) atoms. The predicted octanol–water partition coefficient (Wildman–Crippen LogP) is 1.20. The van der Waals surface area contributed by atoms with Crippen LogP contribution in [0.1, 0.15) is 40.0 Å². The van der Waals surface area contributed by atoms with Crippen molar-refractivity contribution >= 4 is 11.9 Å². The molecule has 0 aliphatic carbocycles. The van der Waals surface area contributed by atoms with Gasteiger partial charge >= 0.3 is 5.97 Å². The summed E-state index contributed by atoms with van der Waals surface area (Å²) in [6, 6.07) is 0. The van der Waals surface area contributed by atoms with E-state index in [1.807, 2.05) is 6.92 Å². The van der Waals surface area contributed by atoms with E-state index in [0.29, 0.717) is 13.0 Å². The highest BCUT2D eigenvalue weighted by atomic mass is 16.5. The van der Waals surface area contributed by atoms with Gasteiger partial charge in [-0.3, -0.25) is 9.59 Å². The van der Waals surface area contributed by atoms with Gasteiger partial charge in [-0.05, 0) is 13.3 Å². The molecule has 0 fully saturated rings. The molecule has 0 aromatic carbocycles. The summed E-state index contributed by atoms with van der Waals surface area (Å²) in [4.78, 5) is 24.8. The normalized spacial score (nSPS) is 13.8. The number of amides is 1. The number of ether oxygens (including phenoxy) is 1. The zero-order valence-corrected chi connectivity index (χ0v) is 11.8. The first-order valence-corrected chi connectivity index (χ1v) is 6.46. The van der Waals surface area contributed by atoms with Crippen LogP contribution in [0.5, 0.6) is 0 Å². The maximum absolute atomic E-state index is 11.9. The quantitative estimate of drug-likeness (QED) is 0.665. The first-order chi connectivity index (χ1) is 8.42. The third-order valence-corrected chi connectivity index (χ3v) is 2.68. The maximum Gasteiger partial charge on any atom is 0.310 e. The van der Waals surface area contributed by atoms with Crippen molar-refractivity contribution in [3.8, 4) is 0 Å². The minimum atomic E-state index is -0.597. The largest absolute Gasteiger partial charge is 0.469 e. The van der Waals surface area contributed by atoms with E-state index in [-0.39, 0.29) is 24.3 Å². The molecule has 0 saturated carbocycles. The number of aliphatic hydroxyl groups is 1. The number of aliphatic hydroxyl groups excluding tert-OH is 1. The van der Waals surface area contributed by atoms with E-state index in [2.05, 4.69) is 4.74 Å². The fourth-order valence-corrected chi connectivity index (χ4v) is 1.69. The molecule has 2 unspecified atom stereocenters. The monoisotopic (exact) mass is 259 g/mol. The first-order valence-electron chi connectivity index (χ1n) is 6.46. The zero-order chi connectivity index (χ0) is 14.1. The van der Waals surface area contributed by atoms with Crippen molar-refractivity contribution in [2.75, 3.05) is 20.2 Å². The Morgan fingerprint density at radius 3 is 2.33 bits per heavy atom. The fourth-order valence-electron chi connectivity index (χ4n) is 1.69. The van der Waals surface area contributed by atoms with Crippen LogP contribution in [-0.2, 0) is 14.3 Å². The molecular formula is C13H25NO4. The number of esters is 1. The van der Waals surface area contributed by atoms with Crippen LogP contribution in [0.3, 0.4) is 0 Å². The van der Waals surface area contributed by atoms with Crippen LogP contribution in [0.25, 0.3) is 0 Å². The number of methoxy groups -OCH3 is 1. The molecule has 5 nitrogen and oxygen atoms in total. The molecule has 0 saturated heterocycles. The molecule has 1 amide bonds. The third-order valence-electron chi connectivity index (χ3n) is 2.68.